The summed E-state index contributed by atoms with van der Waals surface area (Å²) >= 11 is 0. The molecule has 0 amide bonds. The second kappa shape index (κ2) is 1.76. The van der Waals surface area contributed by atoms with Gasteiger partial charge in [0.15, 0.2) is 0 Å². The summed E-state index contributed by atoms with van der Waals surface area (Å²) in [5.41, 5.74) is 0.601. The van der Waals surface area contributed by atoms with Gasteiger partial charge in [-0.15, -0.1) is 0 Å². The molecule has 2 rings (SSSR count). The second-order valence-electron chi connectivity index (χ2n) is 4.85. The summed E-state index contributed by atoms with van der Waals surface area (Å²) in [6.45, 7) is 7.15. The molecule has 2 fully saturated rings. The van der Waals surface area contributed by atoms with Crippen molar-refractivity contribution >= 4 is 0 Å². The first kappa shape index (κ1) is 6.66. The molecule has 0 radical (unpaired) electrons. The zero-order valence-electron chi connectivity index (χ0n) is 7.15. The molecule has 1 heteroatoms. The fourth-order valence-corrected chi connectivity index (χ4v) is 2.62. The van der Waals surface area contributed by atoms with Crippen molar-refractivity contribution in [2.24, 2.45) is 11.3 Å². The van der Waals surface area contributed by atoms with Crippen molar-refractivity contribution in [3.8, 4) is 0 Å². The molecule has 3 unspecified atom stereocenters. The fraction of sp³-hybridized carbons (Fsp3) is 1.00. The van der Waals surface area contributed by atoms with Crippen molar-refractivity contribution in [3.63, 3.8) is 0 Å². The van der Waals surface area contributed by atoms with Crippen LogP contribution in [0.2, 0.25) is 0 Å². The molecule has 1 nitrogen and oxygen atoms in total. The van der Waals surface area contributed by atoms with E-state index in [2.05, 4.69) is 26.1 Å². The van der Waals surface area contributed by atoms with Gasteiger partial charge in [0.25, 0.3) is 0 Å². The van der Waals surface area contributed by atoms with E-state index in [9.17, 15) is 0 Å². The number of rotatable bonds is 0. The average Bonchev–Trinajstić information content (AvgIpc) is 2.40. The lowest BCUT2D eigenvalue weighted by Crippen LogP contribution is -2.27. The molecule has 2 aliphatic rings. The highest BCUT2D eigenvalue weighted by Crippen LogP contribution is 2.44. The van der Waals surface area contributed by atoms with Crippen molar-refractivity contribution in [2.45, 2.75) is 45.7 Å². The third-order valence-electron chi connectivity index (χ3n) is 2.99. The first-order valence-electron chi connectivity index (χ1n) is 4.34. The Morgan fingerprint density at radius 1 is 1.30 bits per heavy atom. The predicted molar refractivity (Wildman–Crippen MR) is 42.9 cm³/mol. The van der Waals surface area contributed by atoms with Crippen LogP contribution in [0.15, 0.2) is 0 Å². The number of hydrogen-bond donors (Lipinski definition) is 1. The molecule has 0 spiro atoms. The molecule has 0 bridgehead atoms. The Labute approximate surface area is 63.2 Å². The Bertz CT molecular complexity index is 151. The van der Waals surface area contributed by atoms with Crippen LogP contribution in [-0.4, -0.2) is 12.1 Å². The van der Waals surface area contributed by atoms with Crippen LogP contribution >= 0.6 is 0 Å². The quantitative estimate of drug-likeness (QED) is 0.508. The molecule has 1 aliphatic carbocycles. The van der Waals surface area contributed by atoms with Crippen LogP contribution in [0.1, 0.15) is 33.6 Å². The van der Waals surface area contributed by atoms with Gasteiger partial charge in [0.05, 0.1) is 0 Å². The highest BCUT2D eigenvalue weighted by atomic mass is 15.2. The maximum Gasteiger partial charge on any atom is 0.0250 e. The van der Waals surface area contributed by atoms with Crippen LogP contribution in [0.25, 0.3) is 0 Å². The first-order chi connectivity index (χ1) is 4.58. The molecule has 0 aromatic carbocycles. The summed E-state index contributed by atoms with van der Waals surface area (Å²) in [5.74, 6) is 0.911. The molecule has 1 saturated heterocycles. The molecular formula is C9H17N. The number of hydrogen-bond acceptors (Lipinski definition) is 1. The zero-order chi connectivity index (χ0) is 7.35. The van der Waals surface area contributed by atoms with Crippen LogP contribution in [0, 0.1) is 11.3 Å². The van der Waals surface area contributed by atoms with Gasteiger partial charge in [0, 0.05) is 12.1 Å². The van der Waals surface area contributed by atoms with Gasteiger partial charge >= 0.3 is 0 Å². The Balaban J connectivity index is 2.06. The molecule has 0 aromatic heterocycles. The minimum Gasteiger partial charge on any atom is -0.308 e. The molecule has 0 aromatic rings. The molecule has 58 valence electrons. The minimum absolute atomic E-state index is 0.601. The Kier molecular flexibility index (Phi) is 1.17. The normalized spacial score (nSPS) is 50.1. The highest BCUT2D eigenvalue weighted by molar-refractivity contribution is 5.07. The van der Waals surface area contributed by atoms with E-state index in [1.807, 2.05) is 0 Å². The second-order valence-corrected chi connectivity index (χ2v) is 4.85. The minimum atomic E-state index is 0.601. The maximum atomic E-state index is 3.54. The smallest absolute Gasteiger partial charge is 0.0250 e. The Hall–Kier alpha value is -0.0400. The summed E-state index contributed by atoms with van der Waals surface area (Å²) in [7, 11) is 0. The van der Waals surface area contributed by atoms with Crippen LogP contribution in [0.5, 0.6) is 0 Å². The van der Waals surface area contributed by atoms with Crippen LogP contribution in [0.4, 0.5) is 0 Å². The highest BCUT2D eigenvalue weighted by Gasteiger charge is 2.48. The van der Waals surface area contributed by atoms with Gasteiger partial charge < -0.3 is 5.32 Å². The monoisotopic (exact) mass is 139 g/mol. The van der Waals surface area contributed by atoms with Gasteiger partial charge in [-0.3, -0.25) is 0 Å². The molecule has 1 aliphatic heterocycles. The van der Waals surface area contributed by atoms with Crippen molar-refractivity contribution in [1.82, 2.24) is 5.32 Å². The number of nitrogens with one attached hydrogen (secondary N) is 1. The van der Waals surface area contributed by atoms with E-state index in [0.29, 0.717) is 5.41 Å². The summed E-state index contributed by atoms with van der Waals surface area (Å²) in [4.78, 5) is 0. The van der Waals surface area contributed by atoms with Gasteiger partial charge in [-0.25, -0.2) is 0 Å². The van der Waals surface area contributed by atoms with E-state index in [-0.39, 0.29) is 0 Å². The predicted octanol–water partition coefficient (Wildman–Crippen LogP) is 1.78. The van der Waals surface area contributed by atoms with Gasteiger partial charge in [-0.05, 0) is 24.2 Å². The molecule has 1 N–H and O–H groups in total. The van der Waals surface area contributed by atoms with Gasteiger partial charge in [-0.1, -0.05) is 20.8 Å². The summed E-state index contributed by atoms with van der Waals surface area (Å²) in [5, 5.41) is 3.54. The van der Waals surface area contributed by atoms with E-state index in [1.165, 1.54) is 12.8 Å². The van der Waals surface area contributed by atoms with E-state index < -0.39 is 0 Å². The molecule has 1 heterocycles. The standard InChI is InChI=1S/C9H17N/c1-6-4-9(2,3)5-7-8(6)10-7/h6-8,10H,4-5H2,1-3H3. The Morgan fingerprint density at radius 2 is 2.00 bits per heavy atom. The first-order valence-corrected chi connectivity index (χ1v) is 4.34. The zero-order valence-corrected chi connectivity index (χ0v) is 7.15. The average molecular weight is 139 g/mol. The summed E-state index contributed by atoms with van der Waals surface area (Å²) < 4.78 is 0. The lowest BCUT2D eigenvalue weighted by molar-refractivity contribution is 0.221. The lowest BCUT2D eigenvalue weighted by Gasteiger charge is -2.31. The molecule has 10 heavy (non-hydrogen) atoms. The number of fused-ring (bicyclic) bond motifs is 1. The van der Waals surface area contributed by atoms with Gasteiger partial charge in [0.1, 0.15) is 0 Å². The van der Waals surface area contributed by atoms with E-state index in [1.54, 1.807) is 0 Å². The summed E-state index contributed by atoms with van der Waals surface area (Å²) in [6.07, 6.45) is 2.79. The van der Waals surface area contributed by atoms with E-state index in [0.717, 1.165) is 18.0 Å². The van der Waals surface area contributed by atoms with Crippen molar-refractivity contribution in [3.05, 3.63) is 0 Å². The summed E-state index contributed by atoms with van der Waals surface area (Å²) in [6, 6.07) is 1.76. The Morgan fingerprint density at radius 3 is 2.60 bits per heavy atom. The molecular weight excluding hydrogens is 122 g/mol. The van der Waals surface area contributed by atoms with Crippen LogP contribution in [0.3, 0.4) is 0 Å². The fourth-order valence-electron chi connectivity index (χ4n) is 2.62. The third kappa shape index (κ3) is 0.968. The third-order valence-corrected chi connectivity index (χ3v) is 2.99. The van der Waals surface area contributed by atoms with Crippen molar-refractivity contribution in [1.29, 1.82) is 0 Å². The molecule has 3 atom stereocenters. The van der Waals surface area contributed by atoms with E-state index >= 15 is 0 Å². The lowest BCUT2D eigenvalue weighted by atomic mass is 9.73. The maximum absolute atomic E-state index is 3.54. The van der Waals surface area contributed by atoms with Crippen molar-refractivity contribution in [2.75, 3.05) is 0 Å². The van der Waals surface area contributed by atoms with Gasteiger partial charge in [0.2, 0.25) is 0 Å². The van der Waals surface area contributed by atoms with Crippen molar-refractivity contribution < 1.29 is 0 Å². The topological polar surface area (TPSA) is 21.9 Å². The van der Waals surface area contributed by atoms with E-state index in [4.69, 9.17) is 0 Å². The van der Waals surface area contributed by atoms with Crippen LogP contribution < -0.4 is 5.32 Å². The van der Waals surface area contributed by atoms with Crippen LogP contribution in [-0.2, 0) is 0 Å². The SMILES string of the molecule is CC1CC(C)(C)CC2NC12. The van der Waals surface area contributed by atoms with Gasteiger partial charge in [-0.2, -0.15) is 0 Å². The largest absolute Gasteiger partial charge is 0.308 e. The molecule has 1 saturated carbocycles.